The van der Waals surface area contributed by atoms with E-state index in [1.54, 1.807) is 0 Å². The number of ether oxygens (including phenoxy) is 1. The van der Waals surface area contributed by atoms with E-state index in [4.69, 9.17) is 4.74 Å². The molecule has 5 heteroatoms. The molecule has 106 valence electrons. The minimum absolute atomic E-state index is 0.0939. The molecule has 1 aromatic carbocycles. The number of hydrogen-bond donors (Lipinski definition) is 1. The fraction of sp³-hybridized carbons (Fsp3) is 0.467. The van der Waals surface area contributed by atoms with E-state index in [0.29, 0.717) is 6.10 Å². The topological polar surface area (TPSA) is 47.0 Å². The third-order valence-electron chi connectivity index (χ3n) is 3.29. The van der Waals surface area contributed by atoms with Crippen LogP contribution in [0.1, 0.15) is 43.5 Å². The molecular formula is C15H19N3OS. The van der Waals surface area contributed by atoms with E-state index in [2.05, 4.69) is 34.0 Å². The number of hydrogen-bond acceptors (Lipinski definition) is 5. The molecule has 1 unspecified atom stereocenters. The van der Waals surface area contributed by atoms with Crippen LogP contribution in [0.5, 0.6) is 5.75 Å². The third kappa shape index (κ3) is 3.35. The van der Waals surface area contributed by atoms with Crippen LogP contribution in [0.4, 0.5) is 0 Å². The van der Waals surface area contributed by atoms with Gasteiger partial charge in [-0.1, -0.05) is 23.5 Å². The van der Waals surface area contributed by atoms with Gasteiger partial charge < -0.3 is 10.1 Å². The molecule has 0 spiro atoms. The Kier molecular flexibility index (Phi) is 4.28. The summed E-state index contributed by atoms with van der Waals surface area (Å²) < 4.78 is 9.85. The van der Waals surface area contributed by atoms with Gasteiger partial charge >= 0.3 is 0 Å². The quantitative estimate of drug-likeness (QED) is 0.850. The zero-order chi connectivity index (χ0) is 13.8. The lowest BCUT2D eigenvalue weighted by Crippen LogP contribution is -2.23. The Morgan fingerprint density at radius 1 is 1.45 bits per heavy atom. The Labute approximate surface area is 123 Å². The molecule has 1 aromatic heterocycles. The molecule has 1 atom stereocenters. The predicted molar refractivity (Wildman–Crippen MR) is 80.1 cm³/mol. The molecule has 1 saturated carbocycles. The molecule has 3 rings (SSSR count). The standard InChI is InChI=1S/C15H19N3OS/c1-2-8-16-15(14-10-20-18-17-14)11-4-3-5-13(9-11)19-12-6-7-12/h3-5,9-10,12,15-16H,2,6-8H2,1H3. The van der Waals surface area contributed by atoms with E-state index < -0.39 is 0 Å². The second-order valence-electron chi connectivity index (χ2n) is 5.11. The fourth-order valence-electron chi connectivity index (χ4n) is 2.13. The predicted octanol–water partition coefficient (Wildman–Crippen LogP) is 3.17. The van der Waals surface area contributed by atoms with Crippen molar-refractivity contribution in [3.63, 3.8) is 0 Å². The van der Waals surface area contributed by atoms with Crippen molar-refractivity contribution >= 4 is 11.5 Å². The van der Waals surface area contributed by atoms with Gasteiger partial charge in [-0.15, -0.1) is 5.10 Å². The van der Waals surface area contributed by atoms with Crippen molar-refractivity contribution in [3.8, 4) is 5.75 Å². The summed E-state index contributed by atoms with van der Waals surface area (Å²) in [6, 6.07) is 8.40. The maximum atomic E-state index is 5.88. The normalized spacial score (nSPS) is 16.1. The Balaban J connectivity index is 1.81. The van der Waals surface area contributed by atoms with E-state index in [9.17, 15) is 0 Å². The van der Waals surface area contributed by atoms with Gasteiger partial charge in [0.25, 0.3) is 0 Å². The first-order chi connectivity index (χ1) is 9.86. The van der Waals surface area contributed by atoms with Gasteiger partial charge in [-0.05, 0) is 55.0 Å². The molecule has 2 aromatic rings. The maximum absolute atomic E-state index is 5.88. The van der Waals surface area contributed by atoms with Crippen LogP contribution in [-0.4, -0.2) is 22.2 Å². The number of rotatable bonds is 7. The number of benzene rings is 1. The number of nitrogens with one attached hydrogen (secondary N) is 1. The zero-order valence-corrected chi connectivity index (χ0v) is 12.4. The Morgan fingerprint density at radius 2 is 2.35 bits per heavy atom. The van der Waals surface area contributed by atoms with Crippen LogP contribution in [0, 0.1) is 0 Å². The first-order valence-corrected chi connectivity index (χ1v) is 7.97. The molecule has 4 nitrogen and oxygen atoms in total. The average molecular weight is 289 g/mol. The van der Waals surface area contributed by atoms with Crippen molar-refractivity contribution in [3.05, 3.63) is 40.9 Å². The second kappa shape index (κ2) is 6.33. The van der Waals surface area contributed by atoms with Crippen LogP contribution in [0.3, 0.4) is 0 Å². The summed E-state index contributed by atoms with van der Waals surface area (Å²) in [5.74, 6) is 0.955. The maximum Gasteiger partial charge on any atom is 0.120 e. The zero-order valence-electron chi connectivity index (χ0n) is 11.6. The van der Waals surface area contributed by atoms with Gasteiger partial charge in [-0.3, -0.25) is 0 Å². The minimum atomic E-state index is 0.0939. The summed E-state index contributed by atoms with van der Waals surface area (Å²) in [6.45, 7) is 3.12. The van der Waals surface area contributed by atoms with E-state index in [1.807, 2.05) is 17.5 Å². The SMILES string of the molecule is CCCNC(c1cccc(OC2CC2)c1)c1csnn1. The summed E-state index contributed by atoms with van der Waals surface area (Å²) >= 11 is 1.39. The molecule has 0 radical (unpaired) electrons. The van der Waals surface area contributed by atoms with E-state index in [0.717, 1.165) is 24.4 Å². The van der Waals surface area contributed by atoms with Gasteiger partial charge in [0.1, 0.15) is 5.75 Å². The third-order valence-corrected chi connectivity index (χ3v) is 3.81. The molecule has 0 saturated heterocycles. The number of nitrogens with zero attached hydrogens (tertiary/aromatic N) is 2. The van der Waals surface area contributed by atoms with Crippen molar-refractivity contribution in [2.45, 2.75) is 38.3 Å². The van der Waals surface area contributed by atoms with Crippen molar-refractivity contribution in [2.24, 2.45) is 0 Å². The first-order valence-electron chi connectivity index (χ1n) is 7.13. The Hall–Kier alpha value is -1.46. The van der Waals surface area contributed by atoms with Gasteiger partial charge in [0.05, 0.1) is 17.8 Å². The van der Waals surface area contributed by atoms with Crippen LogP contribution in [-0.2, 0) is 0 Å². The van der Waals surface area contributed by atoms with Crippen LogP contribution >= 0.6 is 11.5 Å². The van der Waals surface area contributed by atoms with Crippen LogP contribution in [0.2, 0.25) is 0 Å². The second-order valence-corrected chi connectivity index (χ2v) is 5.72. The molecule has 1 N–H and O–H groups in total. The van der Waals surface area contributed by atoms with E-state index in [1.165, 1.54) is 29.9 Å². The molecule has 20 heavy (non-hydrogen) atoms. The van der Waals surface area contributed by atoms with Crippen molar-refractivity contribution in [1.29, 1.82) is 0 Å². The highest BCUT2D eigenvalue weighted by Crippen LogP contribution is 2.29. The average Bonchev–Trinajstić information content (AvgIpc) is 3.11. The number of aromatic nitrogens is 2. The molecule has 1 fully saturated rings. The smallest absolute Gasteiger partial charge is 0.120 e. The Bertz CT molecular complexity index is 540. The molecular weight excluding hydrogens is 270 g/mol. The van der Waals surface area contributed by atoms with Crippen LogP contribution in [0.25, 0.3) is 0 Å². The summed E-state index contributed by atoms with van der Waals surface area (Å²) in [6.07, 6.45) is 3.87. The fourth-order valence-corrected chi connectivity index (χ4v) is 2.61. The molecule has 1 aliphatic carbocycles. The Morgan fingerprint density at radius 3 is 3.05 bits per heavy atom. The summed E-state index contributed by atoms with van der Waals surface area (Å²) in [4.78, 5) is 0. The van der Waals surface area contributed by atoms with Gasteiger partial charge in [0.2, 0.25) is 0 Å². The summed E-state index contributed by atoms with van der Waals surface area (Å²) in [7, 11) is 0. The molecule has 0 aliphatic heterocycles. The van der Waals surface area contributed by atoms with Crippen molar-refractivity contribution in [2.75, 3.05) is 6.54 Å². The highest BCUT2D eigenvalue weighted by molar-refractivity contribution is 7.03. The lowest BCUT2D eigenvalue weighted by atomic mass is 10.0. The highest BCUT2D eigenvalue weighted by Gasteiger charge is 2.24. The van der Waals surface area contributed by atoms with Gasteiger partial charge in [0.15, 0.2) is 0 Å². The highest BCUT2D eigenvalue weighted by atomic mass is 32.1. The molecule has 0 amide bonds. The van der Waals surface area contributed by atoms with E-state index >= 15 is 0 Å². The minimum Gasteiger partial charge on any atom is -0.490 e. The molecule has 1 aliphatic rings. The summed E-state index contributed by atoms with van der Waals surface area (Å²) in [5, 5.41) is 9.75. The first kappa shape index (κ1) is 13.5. The van der Waals surface area contributed by atoms with Crippen LogP contribution < -0.4 is 10.1 Å². The van der Waals surface area contributed by atoms with Crippen molar-refractivity contribution < 1.29 is 4.74 Å². The van der Waals surface area contributed by atoms with Gasteiger partial charge in [-0.25, -0.2) is 0 Å². The molecule has 0 bridgehead atoms. The summed E-state index contributed by atoms with van der Waals surface area (Å²) in [5.41, 5.74) is 2.16. The van der Waals surface area contributed by atoms with Gasteiger partial charge in [-0.2, -0.15) is 0 Å². The molecule has 1 heterocycles. The van der Waals surface area contributed by atoms with Gasteiger partial charge in [0, 0.05) is 5.38 Å². The van der Waals surface area contributed by atoms with E-state index in [-0.39, 0.29) is 6.04 Å². The monoisotopic (exact) mass is 289 g/mol. The lowest BCUT2D eigenvalue weighted by Gasteiger charge is -2.17. The lowest BCUT2D eigenvalue weighted by molar-refractivity contribution is 0.302. The van der Waals surface area contributed by atoms with Crippen molar-refractivity contribution in [1.82, 2.24) is 14.9 Å². The van der Waals surface area contributed by atoms with Crippen LogP contribution in [0.15, 0.2) is 29.6 Å². The largest absolute Gasteiger partial charge is 0.490 e.